The molecule has 1 heterocycles. The summed E-state index contributed by atoms with van der Waals surface area (Å²) in [6.07, 6.45) is 2.07. The largest absolute Gasteiger partial charge is 0.462 e. The van der Waals surface area contributed by atoms with Crippen molar-refractivity contribution < 1.29 is 14.3 Å². The number of hydrogen-bond acceptors (Lipinski definition) is 3. The van der Waals surface area contributed by atoms with E-state index in [4.69, 9.17) is 4.74 Å². The Labute approximate surface area is 151 Å². The quantitative estimate of drug-likeness (QED) is 0.714. The number of ether oxygens (including phenoxy) is 1. The minimum Gasteiger partial charge on any atom is -0.462 e. The highest BCUT2D eigenvalue weighted by Crippen LogP contribution is 2.28. The Morgan fingerprint density at radius 1 is 1.33 bits per heavy atom. The highest BCUT2D eigenvalue weighted by atomic mass is 79.9. The first-order valence-electron chi connectivity index (χ1n) is 8.13. The minimum atomic E-state index is -0.513. The number of carbonyl (C=O) groups is 2. The van der Waals surface area contributed by atoms with E-state index in [0.717, 1.165) is 22.9 Å². The number of urea groups is 1. The molecule has 2 atom stereocenters. The van der Waals surface area contributed by atoms with Crippen LogP contribution in [0.5, 0.6) is 0 Å². The molecule has 1 aliphatic heterocycles. The van der Waals surface area contributed by atoms with Crippen LogP contribution in [0.1, 0.15) is 45.2 Å². The molecule has 0 aliphatic carbocycles. The Morgan fingerprint density at radius 2 is 2.00 bits per heavy atom. The number of hydrogen-bond donors (Lipinski definition) is 2. The number of allylic oxidation sites excluding steroid dienone is 1. The highest BCUT2D eigenvalue weighted by molar-refractivity contribution is 9.10. The van der Waals surface area contributed by atoms with Gasteiger partial charge in [-0.25, -0.2) is 9.59 Å². The fourth-order valence-electron chi connectivity index (χ4n) is 2.74. The van der Waals surface area contributed by atoms with Gasteiger partial charge in [0.25, 0.3) is 0 Å². The van der Waals surface area contributed by atoms with Gasteiger partial charge in [0, 0.05) is 10.2 Å². The Morgan fingerprint density at radius 3 is 2.62 bits per heavy atom. The second-order valence-corrected chi connectivity index (χ2v) is 7.03. The molecule has 5 nitrogen and oxygen atoms in total. The van der Waals surface area contributed by atoms with E-state index in [0.29, 0.717) is 23.8 Å². The van der Waals surface area contributed by atoms with E-state index >= 15 is 0 Å². The summed E-state index contributed by atoms with van der Waals surface area (Å²) >= 11 is 3.39. The second kappa shape index (κ2) is 8.33. The van der Waals surface area contributed by atoms with Crippen LogP contribution in [0.3, 0.4) is 0 Å². The van der Waals surface area contributed by atoms with Gasteiger partial charge in [0.15, 0.2) is 0 Å². The van der Waals surface area contributed by atoms with E-state index in [2.05, 4.69) is 40.4 Å². The summed E-state index contributed by atoms with van der Waals surface area (Å²) in [4.78, 5) is 24.4. The zero-order chi connectivity index (χ0) is 17.7. The zero-order valence-electron chi connectivity index (χ0n) is 14.2. The third kappa shape index (κ3) is 4.60. The van der Waals surface area contributed by atoms with E-state index < -0.39 is 12.0 Å². The van der Waals surface area contributed by atoms with Crippen LogP contribution < -0.4 is 10.6 Å². The molecule has 0 saturated heterocycles. The van der Waals surface area contributed by atoms with E-state index in [1.807, 2.05) is 24.3 Å². The van der Waals surface area contributed by atoms with Crippen LogP contribution >= 0.6 is 15.9 Å². The highest BCUT2D eigenvalue weighted by Gasteiger charge is 2.32. The standard InChI is InChI=1S/C18H23BrN2O3/c1-4-5-11(2)10-24-17(22)15-12(3)20-18(23)21-16(15)13-6-8-14(19)9-7-13/h6-9,11,16H,4-5,10H2,1-3H3,(H2,20,21,23)/t11-,16+/m1/s1. The zero-order valence-corrected chi connectivity index (χ0v) is 15.8. The number of halogens is 1. The van der Waals surface area contributed by atoms with Gasteiger partial charge in [0.1, 0.15) is 0 Å². The van der Waals surface area contributed by atoms with Crippen molar-refractivity contribution in [3.05, 3.63) is 45.6 Å². The van der Waals surface area contributed by atoms with Gasteiger partial charge in [-0.1, -0.05) is 48.3 Å². The number of esters is 1. The molecule has 2 amide bonds. The molecule has 6 heteroatoms. The molecule has 0 aromatic heterocycles. The van der Waals surface area contributed by atoms with Gasteiger partial charge in [-0.15, -0.1) is 0 Å². The van der Waals surface area contributed by atoms with Crippen LogP contribution in [-0.2, 0) is 9.53 Å². The molecule has 24 heavy (non-hydrogen) atoms. The number of nitrogens with one attached hydrogen (secondary N) is 2. The van der Waals surface area contributed by atoms with Crippen molar-refractivity contribution in [1.29, 1.82) is 0 Å². The maximum atomic E-state index is 12.6. The summed E-state index contributed by atoms with van der Waals surface area (Å²) in [5.41, 5.74) is 1.81. The third-order valence-electron chi connectivity index (χ3n) is 3.97. The van der Waals surface area contributed by atoms with Crippen LogP contribution in [-0.4, -0.2) is 18.6 Å². The van der Waals surface area contributed by atoms with E-state index in [1.165, 1.54) is 0 Å². The molecule has 2 rings (SSSR count). The van der Waals surface area contributed by atoms with Crippen molar-refractivity contribution in [3.8, 4) is 0 Å². The average molecular weight is 395 g/mol. The summed E-state index contributed by atoms with van der Waals surface area (Å²) in [5.74, 6) is -0.0759. The molecule has 0 radical (unpaired) electrons. The van der Waals surface area contributed by atoms with Gasteiger partial charge in [-0.2, -0.15) is 0 Å². The Balaban J connectivity index is 2.22. The van der Waals surface area contributed by atoms with Gasteiger partial charge >= 0.3 is 12.0 Å². The molecule has 0 spiro atoms. The van der Waals surface area contributed by atoms with Crippen molar-refractivity contribution in [1.82, 2.24) is 10.6 Å². The van der Waals surface area contributed by atoms with Crippen molar-refractivity contribution in [2.45, 2.75) is 39.7 Å². The third-order valence-corrected chi connectivity index (χ3v) is 4.50. The molecule has 2 N–H and O–H groups in total. The fraction of sp³-hybridized carbons (Fsp3) is 0.444. The Bertz CT molecular complexity index is 640. The van der Waals surface area contributed by atoms with Crippen molar-refractivity contribution in [2.24, 2.45) is 5.92 Å². The molecular formula is C18H23BrN2O3. The van der Waals surface area contributed by atoms with E-state index in [9.17, 15) is 9.59 Å². The molecule has 0 saturated carbocycles. The SMILES string of the molecule is CCC[C@@H](C)COC(=O)C1=C(C)NC(=O)N[C@H]1c1ccc(Br)cc1. The van der Waals surface area contributed by atoms with E-state index in [1.54, 1.807) is 6.92 Å². The number of amides is 2. The topological polar surface area (TPSA) is 67.4 Å². The maximum Gasteiger partial charge on any atom is 0.338 e. The summed E-state index contributed by atoms with van der Waals surface area (Å²) in [5, 5.41) is 5.46. The van der Waals surface area contributed by atoms with Gasteiger partial charge in [-0.3, -0.25) is 0 Å². The minimum absolute atomic E-state index is 0.317. The number of rotatable bonds is 6. The van der Waals surface area contributed by atoms with Gasteiger partial charge in [0.05, 0.1) is 18.2 Å². The normalized spacial score (nSPS) is 18.7. The predicted octanol–water partition coefficient (Wildman–Crippen LogP) is 4.06. The van der Waals surface area contributed by atoms with Crippen LogP contribution in [0, 0.1) is 5.92 Å². The first kappa shape index (κ1) is 18.5. The smallest absolute Gasteiger partial charge is 0.338 e. The maximum absolute atomic E-state index is 12.6. The molecule has 1 aliphatic rings. The summed E-state index contributed by atoms with van der Waals surface area (Å²) < 4.78 is 6.41. The van der Waals surface area contributed by atoms with Crippen LogP contribution in [0.15, 0.2) is 40.0 Å². The first-order valence-corrected chi connectivity index (χ1v) is 8.92. The summed E-state index contributed by atoms with van der Waals surface area (Å²) in [6.45, 7) is 6.27. The second-order valence-electron chi connectivity index (χ2n) is 6.11. The number of carbonyl (C=O) groups excluding carboxylic acids is 2. The molecule has 0 bridgehead atoms. The first-order chi connectivity index (χ1) is 11.4. The lowest BCUT2D eigenvalue weighted by Gasteiger charge is -2.28. The fourth-order valence-corrected chi connectivity index (χ4v) is 3.01. The Kier molecular flexibility index (Phi) is 6.43. The van der Waals surface area contributed by atoms with Crippen molar-refractivity contribution in [2.75, 3.05) is 6.61 Å². The average Bonchev–Trinajstić information content (AvgIpc) is 2.53. The predicted molar refractivity (Wildman–Crippen MR) is 96.3 cm³/mol. The monoisotopic (exact) mass is 394 g/mol. The van der Waals surface area contributed by atoms with E-state index in [-0.39, 0.29) is 6.03 Å². The lowest BCUT2D eigenvalue weighted by atomic mass is 9.95. The molecule has 130 valence electrons. The van der Waals surface area contributed by atoms with Crippen LogP contribution in [0.2, 0.25) is 0 Å². The van der Waals surface area contributed by atoms with Gasteiger partial charge in [0.2, 0.25) is 0 Å². The lowest BCUT2D eigenvalue weighted by Crippen LogP contribution is -2.45. The molecular weight excluding hydrogens is 372 g/mol. The van der Waals surface area contributed by atoms with Crippen molar-refractivity contribution >= 4 is 27.9 Å². The van der Waals surface area contributed by atoms with Gasteiger partial charge in [-0.05, 0) is 37.0 Å². The van der Waals surface area contributed by atoms with Gasteiger partial charge < -0.3 is 15.4 Å². The van der Waals surface area contributed by atoms with Crippen LogP contribution in [0.4, 0.5) is 4.79 Å². The molecule has 0 fully saturated rings. The number of benzene rings is 1. The summed E-state index contributed by atoms with van der Waals surface area (Å²) in [7, 11) is 0. The Hall–Kier alpha value is -1.82. The van der Waals surface area contributed by atoms with Crippen molar-refractivity contribution in [3.63, 3.8) is 0 Å². The molecule has 0 unspecified atom stereocenters. The summed E-state index contributed by atoms with van der Waals surface area (Å²) in [6, 6.07) is 6.68. The lowest BCUT2D eigenvalue weighted by molar-refractivity contribution is -0.140. The van der Waals surface area contributed by atoms with Crippen LogP contribution in [0.25, 0.3) is 0 Å². The molecule has 1 aromatic carbocycles. The molecule has 1 aromatic rings.